The first kappa shape index (κ1) is 18.5. The molecule has 1 N–H and O–H groups in total. The van der Waals surface area contributed by atoms with Gasteiger partial charge >= 0.3 is 0 Å². The number of benzene rings is 2. The molecule has 1 aliphatic rings. The second-order valence-corrected chi connectivity index (χ2v) is 7.68. The second kappa shape index (κ2) is 6.97. The van der Waals surface area contributed by atoms with Crippen molar-refractivity contribution in [3.05, 3.63) is 75.0 Å². The second-order valence-electron chi connectivity index (χ2n) is 7.24. The normalized spacial score (nSPS) is 16.1. The first-order chi connectivity index (χ1) is 13.4. The van der Waals surface area contributed by atoms with Crippen molar-refractivity contribution in [2.24, 2.45) is 7.05 Å². The fourth-order valence-corrected chi connectivity index (χ4v) is 4.18. The molecule has 2 aromatic carbocycles. The summed E-state index contributed by atoms with van der Waals surface area (Å²) in [6.07, 6.45) is 1.01. The molecule has 0 amide bonds. The van der Waals surface area contributed by atoms with Crippen molar-refractivity contribution < 1.29 is 5.11 Å². The van der Waals surface area contributed by atoms with Gasteiger partial charge in [0.15, 0.2) is 0 Å². The molecule has 3 aromatic rings. The average molecular weight is 394 g/mol. The van der Waals surface area contributed by atoms with Gasteiger partial charge < -0.3 is 14.6 Å². The minimum atomic E-state index is -0.941. The van der Waals surface area contributed by atoms with Gasteiger partial charge in [-0.05, 0) is 36.6 Å². The summed E-state index contributed by atoms with van der Waals surface area (Å²) < 4.78 is 1.52. The Hall–Kier alpha value is -2.81. The van der Waals surface area contributed by atoms with E-state index in [9.17, 15) is 15.2 Å². The van der Waals surface area contributed by atoms with Crippen LogP contribution in [0.25, 0.3) is 10.9 Å². The van der Waals surface area contributed by atoms with Crippen molar-refractivity contribution >= 4 is 28.2 Å². The van der Waals surface area contributed by atoms with Crippen LogP contribution >= 0.6 is 11.6 Å². The van der Waals surface area contributed by atoms with Crippen LogP contribution in [-0.2, 0) is 12.6 Å². The third kappa shape index (κ3) is 2.95. The number of aliphatic hydroxyl groups is 1. The van der Waals surface area contributed by atoms with Crippen LogP contribution in [0.1, 0.15) is 24.0 Å². The number of hydrogen-bond donors (Lipinski definition) is 1. The molecule has 1 aliphatic heterocycles. The Kier molecular flexibility index (Phi) is 4.62. The molecule has 0 atom stereocenters. The van der Waals surface area contributed by atoms with Crippen LogP contribution in [0.5, 0.6) is 0 Å². The maximum Gasteiger partial charge on any atom is 0.270 e. The van der Waals surface area contributed by atoms with Crippen molar-refractivity contribution in [3.8, 4) is 6.07 Å². The van der Waals surface area contributed by atoms with Crippen LogP contribution < -0.4 is 10.5 Å². The van der Waals surface area contributed by atoms with Crippen LogP contribution in [0.4, 0.5) is 5.69 Å². The van der Waals surface area contributed by atoms with E-state index < -0.39 is 5.60 Å². The van der Waals surface area contributed by atoms with Crippen molar-refractivity contribution in [1.82, 2.24) is 4.57 Å². The van der Waals surface area contributed by atoms with Gasteiger partial charge in [-0.2, -0.15) is 5.26 Å². The fourth-order valence-electron chi connectivity index (χ4n) is 4.06. The Morgan fingerprint density at radius 3 is 2.39 bits per heavy atom. The molecule has 1 saturated heterocycles. The Bertz CT molecular complexity index is 1140. The number of hydrogen-bond acceptors (Lipinski definition) is 4. The predicted octanol–water partition coefficient (Wildman–Crippen LogP) is 3.55. The zero-order valence-electron chi connectivity index (χ0n) is 15.5. The Labute approximate surface area is 168 Å². The molecule has 2 heterocycles. The maximum atomic E-state index is 12.7. The monoisotopic (exact) mass is 393 g/mol. The standard InChI is InChI=1S/C22H20ClN3O2/c1-25-19-5-3-2-4-17(19)20(18(14-24)21(25)27)26-12-10-22(28,11-13-26)15-6-8-16(23)9-7-15/h2-9,28H,10-13H2,1H3. The number of aryl methyl sites for hydroxylation is 1. The van der Waals surface area contributed by atoms with E-state index in [0.717, 1.165) is 16.5 Å². The Morgan fingerprint density at radius 2 is 1.75 bits per heavy atom. The van der Waals surface area contributed by atoms with Crippen molar-refractivity contribution in [3.63, 3.8) is 0 Å². The topological polar surface area (TPSA) is 69.3 Å². The summed E-state index contributed by atoms with van der Waals surface area (Å²) in [5, 5.41) is 22.3. The van der Waals surface area contributed by atoms with Gasteiger partial charge in [-0.3, -0.25) is 4.79 Å². The number of nitrogens with zero attached hydrogens (tertiary/aromatic N) is 3. The van der Waals surface area contributed by atoms with Crippen molar-refractivity contribution in [1.29, 1.82) is 5.26 Å². The van der Waals surface area contributed by atoms with E-state index in [4.69, 9.17) is 11.6 Å². The van der Waals surface area contributed by atoms with Gasteiger partial charge in [-0.15, -0.1) is 0 Å². The van der Waals surface area contributed by atoms with Gasteiger partial charge in [0.2, 0.25) is 0 Å². The lowest BCUT2D eigenvalue weighted by Gasteiger charge is -2.40. The summed E-state index contributed by atoms with van der Waals surface area (Å²) in [7, 11) is 1.69. The number of anilines is 1. The zero-order chi connectivity index (χ0) is 19.9. The summed E-state index contributed by atoms with van der Waals surface area (Å²) in [5.74, 6) is 0. The molecule has 142 valence electrons. The molecule has 28 heavy (non-hydrogen) atoms. The summed E-state index contributed by atoms with van der Waals surface area (Å²) >= 11 is 5.96. The van der Waals surface area contributed by atoms with Crippen molar-refractivity contribution in [2.75, 3.05) is 18.0 Å². The zero-order valence-corrected chi connectivity index (χ0v) is 16.3. The van der Waals surface area contributed by atoms with Gasteiger partial charge in [0.05, 0.1) is 16.8 Å². The van der Waals surface area contributed by atoms with E-state index in [-0.39, 0.29) is 11.1 Å². The first-order valence-corrected chi connectivity index (χ1v) is 9.57. The SMILES string of the molecule is Cn1c(=O)c(C#N)c(N2CCC(O)(c3ccc(Cl)cc3)CC2)c2ccccc21. The highest BCUT2D eigenvalue weighted by Gasteiger charge is 2.35. The molecule has 1 aromatic heterocycles. The molecule has 4 rings (SSSR count). The number of pyridine rings is 1. The van der Waals surface area contributed by atoms with Crippen LogP contribution in [0.15, 0.2) is 53.3 Å². The molecule has 5 nitrogen and oxygen atoms in total. The lowest BCUT2D eigenvalue weighted by atomic mass is 9.84. The molecule has 0 aliphatic carbocycles. The smallest absolute Gasteiger partial charge is 0.270 e. The quantitative estimate of drug-likeness (QED) is 0.722. The number of fused-ring (bicyclic) bond motifs is 1. The van der Waals surface area contributed by atoms with Gasteiger partial charge in [0.1, 0.15) is 11.6 Å². The van der Waals surface area contributed by atoms with E-state index in [1.54, 1.807) is 19.2 Å². The van der Waals surface area contributed by atoms with E-state index in [2.05, 4.69) is 6.07 Å². The highest BCUT2D eigenvalue weighted by atomic mass is 35.5. The predicted molar refractivity (Wildman–Crippen MR) is 111 cm³/mol. The van der Waals surface area contributed by atoms with Crippen LogP contribution in [0.3, 0.4) is 0 Å². The number of aromatic nitrogens is 1. The summed E-state index contributed by atoms with van der Waals surface area (Å²) in [4.78, 5) is 14.8. The van der Waals surface area contributed by atoms with Gasteiger partial charge in [-0.1, -0.05) is 41.9 Å². The fraction of sp³-hybridized carbons (Fsp3) is 0.273. The number of piperidine rings is 1. The molecule has 0 saturated carbocycles. The highest BCUT2D eigenvalue weighted by molar-refractivity contribution is 6.30. The third-order valence-electron chi connectivity index (χ3n) is 5.68. The summed E-state index contributed by atoms with van der Waals surface area (Å²) in [6, 6.07) is 17.0. The van der Waals surface area contributed by atoms with Crippen LogP contribution in [0, 0.1) is 11.3 Å². The van der Waals surface area contributed by atoms with Gasteiger partial charge in [0.25, 0.3) is 5.56 Å². The number of halogens is 1. The lowest BCUT2D eigenvalue weighted by molar-refractivity contribution is 0.0118. The van der Waals surface area contributed by atoms with E-state index >= 15 is 0 Å². The number of para-hydroxylation sites is 1. The van der Waals surface area contributed by atoms with Crippen LogP contribution in [-0.4, -0.2) is 22.8 Å². The Balaban J connectivity index is 1.73. The molecule has 0 spiro atoms. The molecule has 0 bridgehead atoms. The van der Waals surface area contributed by atoms with Gasteiger partial charge in [0, 0.05) is 30.5 Å². The summed E-state index contributed by atoms with van der Waals surface area (Å²) in [5.41, 5.74) is 1.21. The first-order valence-electron chi connectivity index (χ1n) is 9.20. The van der Waals surface area contributed by atoms with Crippen LogP contribution in [0.2, 0.25) is 5.02 Å². The third-order valence-corrected chi connectivity index (χ3v) is 5.93. The summed E-state index contributed by atoms with van der Waals surface area (Å²) in [6.45, 7) is 1.09. The molecule has 1 fully saturated rings. The van der Waals surface area contributed by atoms with Gasteiger partial charge in [-0.25, -0.2) is 0 Å². The van der Waals surface area contributed by atoms with E-state index in [0.29, 0.717) is 36.6 Å². The molecular weight excluding hydrogens is 374 g/mol. The minimum absolute atomic E-state index is 0.151. The average Bonchev–Trinajstić information content (AvgIpc) is 2.72. The van der Waals surface area contributed by atoms with Crippen molar-refractivity contribution in [2.45, 2.75) is 18.4 Å². The molecular formula is C22H20ClN3O2. The van der Waals surface area contributed by atoms with E-state index in [1.807, 2.05) is 41.3 Å². The lowest BCUT2D eigenvalue weighted by Crippen LogP contribution is -2.43. The molecule has 0 unspecified atom stereocenters. The largest absolute Gasteiger partial charge is 0.385 e. The minimum Gasteiger partial charge on any atom is -0.385 e. The molecule has 6 heteroatoms. The maximum absolute atomic E-state index is 12.7. The molecule has 0 radical (unpaired) electrons. The van der Waals surface area contributed by atoms with E-state index in [1.165, 1.54) is 4.57 Å². The Morgan fingerprint density at radius 1 is 1.11 bits per heavy atom. The number of nitriles is 1. The highest BCUT2D eigenvalue weighted by Crippen LogP contribution is 2.37. The number of rotatable bonds is 2.